The van der Waals surface area contributed by atoms with E-state index >= 15 is 0 Å². The molecule has 0 radical (unpaired) electrons. The van der Waals surface area contributed by atoms with Crippen molar-refractivity contribution in [2.24, 2.45) is 11.8 Å². The summed E-state index contributed by atoms with van der Waals surface area (Å²) < 4.78 is 9.21. The normalized spacial score (nSPS) is 27.1. The van der Waals surface area contributed by atoms with Crippen LogP contribution in [0.2, 0.25) is 0 Å². The monoisotopic (exact) mass is 394 g/mol. The van der Waals surface area contributed by atoms with Crippen LogP contribution >= 0.6 is 0 Å². The number of rotatable bonds is 5. The number of fused-ring (bicyclic) bond motifs is 1. The Morgan fingerprint density at radius 3 is 2.66 bits per heavy atom. The average molecular weight is 394 g/mol. The highest BCUT2D eigenvalue weighted by atomic mass is 16.5. The van der Waals surface area contributed by atoms with E-state index in [2.05, 4.69) is 24.5 Å². The van der Waals surface area contributed by atoms with Gasteiger partial charge in [0, 0.05) is 31.2 Å². The number of nitrogens with zero attached hydrogens (tertiary/aromatic N) is 6. The molecule has 3 heterocycles. The Morgan fingerprint density at radius 1 is 1.14 bits per heavy atom. The van der Waals surface area contributed by atoms with Gasteiger partial charge in [-0.05, 0) is 48.9 Å². The first-order valence-electron chi connectivity index (χ1n) is 10.1. The third kappa shape index (κ3) is 3.54. The third-order valence-electron chi connectivity index (χ3n) is 6.39. The van der Waals surface area contributed by atoms with Gasteiger partial charge in [0.25, 0.3) is 0 Å². The van der Waals surface area contributed by atoms with Crippen molar-refractivity contribution in [1.29, 1.82) is 0 Å². The second kappa shape index (κ2) is 7.61. The van der Waals surface area contributed by atoms with Crippen LogP contribution in [0.1, 0.15) is 24.7 Å². The molecule has 2 aliphatic rings. The van der Waals surface area contributed by atoms with E-state index < -0.39 is 0 Å². The van der Waals surface area contributed by atoms with E-state index in [-0.39, 0.29) is 12.1 Å². The first-order valence-corrected chi connectivity index (χ1v) is 10.1. The number of benzene rings is 1. The largest absolute Gasteiger partial charge is 0.497 e. The van der Waals surface area contributed by atoms with E-state index in [0.717, 1.165) is 49.7 Å². The molecule has 1 saturated heterocycles. The zero-order valence-electron chi connectivity index (χ0n) is 16.5. The number of aliphatic hydroxyl groups excluding tert-OH is 1. The Hall–Kier alpha value is -2.71. The van der Waals surface area contributed by atoms with E-state index in [9.17, 15) is 5.11 Å². The van der Waals surface area contributed by atoms with Gasteiger partial charge in [0.2, 0.25) is 0 Å². The average Bonchev–Trinajstić information content (AvgIpc) is 3.48. The maximum absolute atomic E-state index is 10.6. The molecule has 0 unspecified atom stereocenters. The van der Waals surface area contributed by atoms with Crippen LogP contribution in [0.15, 0.2) is 49.3 Å². The predicted molar refractivity (Wildman–Crippen MR) is 107 cm³/mol. The summed E-state index contributed by atoms with van der Waals surface area (Å²) in [5.41, 5.74) is 1.08. The van der Waals surface area contributed by atoms with Gasteiger partial charge >= 0.3 is 0 Å². The minimum absolute atomic E-state index is 0.0278. The van der Waals surface area contributed by atoms with Gasteiger partial charge in [-0.2, -0.15) is 5.10 Å². The lowest BCUT2D eigenvalue weighted by molar-refractivity contribution is 0.0304. The zero-order valence-corrected chi connectivity index (χ0v) is 16.5. The number of hydrogen-bond acceptors (Lipinski definition) is 6. The number of hydrogen-bond donors (Lipinski definition) is 1. The first-order chi connectivity index (χ1) is 14.2. The lowest BCUT2D eigenvalue weighted by atomic mass is 9.77. The lowest BCUT2D eigenvalue weighted by Crippen LogP contribution is -2.36. The Bertz CT molecular complexity index is 939. The van der Waals surface area contributed by atoms with E-state index in [1.54, 1.807) is 19.8 Å². The van der Waals surface area contributed by atoms with Gasteiger partial charge in [-0.3, -0.25) is 4.90 Å². The van der Waals surface area contributed by atoms with Crippen LogP contribution in [0.4, 0.5) is 0 Å². The minimum Gasteiger partial charge on any atom is -0.497 e. The summed E-state index contributed by atoms with van der Waals surface area (Å²) in [6, 6.07) is 8.06. The van der Waals surface area contributed by atoms with Gasteiger partial charge < -0.3 is 14.4 Å². The fraction of sp³-hybridized carbons (Fsp3) is 0.476. The van der Waals surface area contributed by atoms with E-state index in [4.69, 9.17) is 4.74 Å². The summed E-state index contributed by atoms with van der Waals surface area (Å²) in [5, 5.41) is 14.9. The van der Waals surface area contributed by atoms with Crippen molar-refractivity contribution in [3.05, 3.63) is 55.1 Å². The Labute approximate surface area is 169 Å². The molecule has 8 nitrogen and oxygen atoms in total. The smallest absolute Gasteiger partial charge is 0.137 e. The standard InChI is InChI=1S/C21H26N6O2/c1-29-18-4-2-17(3-5-18)26-7-6-23-21(26)12-25-10-15-8-19(27-14-22-13-24-27)20(28)9-16(15)11-25/h2-7,13-16,19-20,28H,8-12H2,1H3/t15-,16+,19-,20-/m1/s1. The maximum Gasteiger partial charge on any atom is 0.137 e. The predicted octanol–water partition coefficient (Wildman–Crippen LogP) is 1.92. The van der Waals surface area contributed by atoms with Crippen molar-refractivity contribution >= 4 is 0 Å². The molecule has 0 amide bonds. The molecule has 3 aromatic rings. The molecule has 8 heteroatoms. The van der Waals surface area contributed by atoms with Gasteiger partial charge in [-0.1, -0.05) is 0 Å². The number of aliphatic hydroxyl groups is 1. The van der Waals surface area contributed by atoms with Crippen LogP contribution in [0.5, 0.6) is 5.75 Å². The molecule has 0 bridgehead atoms. The summed E-state index contributed by atoms with van der Waals surface area (Å²) in [6.45, 7) is 2.83. The highest BCUT2D eigenvalue weighted by Crippen LogP contribution is 2.41. The number of methoxy groups -OCH3 is 1. The zero-order chi connectivity index (χ0) is 19.8. The summed E-state index contributed by atoms with van der Waals surface area (Å²) in [7, 11) is 1.68. The summed E-state index contributed by atoms with van der Waals surface area (Å²) in [6.07, 6.45) is 8.51. The van der Waals surface area contributed by atoms with Crippen LogP contribution in [0, 0.1) is 11.8 Å². The minimum atomic E-state index is -0.362. The molecule has 1 aliphatic carbocycles. The van der Waals surface area contributed by atoms with Crippen LogP contribution < -0.4 is 4.74 Å². The molecular formula is C21H26N6O2. The first kappa shape index (κ1) is 18.3. The molecule has 1 N–H and O–H groups in total. The topological polar surface area (TPSA) is 81.2 Å². The number of ether oxygens (including phenoxy) is 1. The molecule has 5 rings (SSSR count). The SMILES string of the molecule is COc1ccc(-n2ccnc2CN2C[C@H]3C[C@@H](n4cncn4)[C@H](O)C[C@H]3C2)cc1. The van der Waals surface area contributed by atoms with Crippen LogP contribution in [-0.2, 0) is 6.54 Å². The summed E-state index contributed by atoms with van der Waals surface area (Å²) >= 11 is 0. The Balaban J connectivity index is 1.28. The van der Waals surface area contributed by atoms with Crippen molar-refractivity contribution in [3.63, 3.8) is 0 Å². The van der Waals surface area contributed by atoms with Gasteiger partial charge in [-0.25, -0.2) is 14.6 Å². The van der Waals surface area contributed by atoms with Crippen LogP contribution in [-0.4, -0.2) is 60.6 Å². The van der Waals surface area contributed by atoms with Crippen LogP contribution in [0.25, 0.3) is 5.69 Å². The second-order valence-corrected chi connectivity index (χ2v) is 8.11. The van der Waals surface area contributed by atoms with Crippen molar-refractivity contribution in [3.8, 4) is 11.4 Å². The second-order valence-electron chi connectivity index (χ2n) is 8.11. The van der Waals surface area contributed by atoms with Gasteiger partial charge in [-0.15, -0.1) is 0 Å². The lowest BCUT2D eigenvalue weighted by Gasteiger charge is -2.35. The number of likely N-dealkylation sites (tertiary alicyclic amines) is 1. The third-order valence-corrected chi connectivity index (χ3v) is 6.39. The molecule has 2 fully saturated rings. The molecule has 1 saturated carbocycles. The van der Waals surface area contributed by atoms with Crippen LogP contribution in [0.3, 0.4) is 0 Å². The molecule has 152 valence electrons. The summed E-state index contributed by atoms with van der Waals surface area (Å²) in [5.74, 6) is 2.97. The molecule has 29 heavy (non-hydrogen) atoms. The van der Waals surface area contributed by atoms with E-state index in [1.165, 1.54) is 0 Å². The molecule has 0 spiro atoms. The Morgan fingerprint density at radius 2 is 1.93 bits per heavy atom. The van der Waals surface area contributed by atoms with E-state index in [1.807, 2.05) is 41.3 Å². The molecular weight excluding hydrogens is 368 g/mol. The maximum atomic E-state index is 10.6. The fourth-order valence-electron chi connectivity index (χ4n) is 4.94. The Kier molecular flexibility index (Phi) is 4.81. The van der Waals surface area contributed by atoms with Crippen molar-refractivity contribution in [1.82, 2.24) is 29.2 Å². The highest BCUT2D eigenvalue weighted by Gasteiger charge is 2.42. The number of aromatic nitrogens is 5. The fourth-order valence-corrected chi connectivity index (χ4v) is 4.94. The van der Waals surface area contributed by atoms with Gasteiger partial charge in [0.1, 0.15) is 24.2 Å². The molecule has 4 atom stereocenters. The van der Waals surface area contributed by atoms with Crippen molar-refractivity contribution in [2.45, 2.75) is 31.5 Å². The highest BCUT2D eigenvalue weighted by molar-refractivity contribution is 5.38. The molecule has 1 aliphatic heterocycles. The molecule has 1 aromatic carbocycles. The number of imidazole rings is 1. The molecule has 2 aromatic heterocycles. The summed E-state index contributed by atoms with van der Waals surface area (Å²) in [4.78, 5) is 11.1. The van der Waals surface area contributed by atoms with E-state index in [0.29, 0.717) is 11.8 Å². The van der Waals surface area contributed by atoms with Gasteiger partial charge in [0.15, 0.2) is 0 Å². The van der Waals surface area contributed by atoms with Crippen molar-refractivity contribution in [2.75, 3.05) is 20.2 Å². The quantitative estimate of drug-likeness (QED) is 0.712. The van der Waals surface area contributed by atoms with Crippen molar-refractivity contribution < 1.29 is 9.84 Å². The van der Waals surface area contributed by atoms with Gasteiger partial charge in [0.05, 0.1) is 25.8 Å².